The fourth-order valence-corrected chi connectivity index (χ4v) is 4.81. The van der Waals surface area contributed by atoms with E-state index in [0.717, 1.165) is 44.0 Å². The lowest BCUT2D eigenvalue weighted by atomic mass is 9.83. The van der Waals surface area contributed by atoms with E-state index in [1.165, 1.54) is 4.90 Å². The van der Waals surface area contributed by atoms with Gasteiger partial charge in [0.25, 0.3) is 5.91 Å². The predicted octanol–water partition coefficient (Wildman–Crippen LogP) is 0.320. The Bertz CT molecular complexity index is 1170. The molecule has 0 bridgehead atoms. The van der Waals surface area contributed by atoms with Crippen molar-refractivity contribution in [1.29, 1.82) is 0 Å². The van der Waals surface area contributed by atoms with Crippen LogP contribution in [0.15, 0.2) is 36.4 Å². The van der Waals surface area contributed by atoms with Gasteiger partial charge in [-0.25, -0.2) is 0 Å². The van der Waals surface area contributed by atoms with Crippen molar-refractivity contribution in [1.82, 2.24) is 15.1 Å². The molecule has 1 N–H and O–H groups in total. The summed E-state index contributed by atoms with van der Waals surface area (Å²) in [6.45, 7) is 4.15. The van der Waals surface area contributed by atoms with Crippen LogP contribution in [-0.2, 0) is 27.4 Å². The molecule has 2 saturated heterocycles. The molecule has 0 spiro atoms. The molecule has 5 rings (SSSR count). The van der Waals surface area contributed by atoms with Gasteiger partial charge >= 0.3 is 0 Å². The Morgan fingerprint density at radius 1 is 1.14 bits per heavy atom. The number of benzene rings is 2. The Labute approximate surface area is 206 Å². The molecule has 0 aliphatic carbocycles. The summed E-state index contributed by atoms with van der Waals surface area (Å²) in [5.41, 5.74) is 3.53. The minimum Gasteiger partial charge on any atom is -0.496 e. The third-order valence-electron chi connectivity index (χ3n) is 6.79. The van der Waals surface area contributed by atoms with E-state index in [-0.39, 0.29) is 24.8 Å². The van der Waals surface area contributed by atoms with Gasteiger partial charge in [0.2, 0.25) is 11.8 Å². The van der Waals surface area contributed by atoms with Gasteiger partial charge in [0.1, 0.15) is 27.5 Å². The highest BCUT2D eigenvalue weighted by atomic mass is 16.5. The highest BCUT2D eigenvalue weighted by Crippen LogP contribution is 2.35. The summed E-state index contributed by atoms with van der Waals surface area (Å²) in [7, 11) is 12.7. The normalized spacial score (nSPS) is 21.5. The zero-order valence-electron chi connectivity index (χ0n) is 19.4. The Balaban J connectivity index is 1.30. The van der Waals surface area contributed by atoms with Crippen LogP contribution < -0.4 is 15.5 Å². The average Bonchev–Trinajstić information content (AvgIpc) is 3.18. The number of imide groups is 1. The second-order valence-electron chi connectivity index (χ2n) is 9.07. The number of rotatable bonds is 6. The molecule has 2 unspecified atom stereocenters. The largest absolute Gasteiger partial charge is 0.496 e. The molecule has 0 saturated carbocycles. The Morgan fingerprint density at radius 3 is 2.69 bits per heavy atom. The van der Waals surface area contributed by atoms with Crippen molar-refractivity contribution >= 4 is 38.9 Å². The van der Waals surface area contributed by atoms with Gasteiger partial charge in [-0.15, -0.1) is 0 Å². The second-order valence-corrected chi connectivity index (χ2v) is 9.07. The second kappa shape index (κ2) is 9.87. The predicted molar refractivity (Wildman–Crippen MR) is 130 cm³/mol. The van der Waals surface area contributed by atoms with Gasteiger partial charge in [-0.3, -0.25) is 24.6 Å². The zero-order valence-corrected chi connectivity index (χ0v) is 19.4. The molecule has 3 aliphatic heterocycles. The molecular weight excluding hydrogens is 444 g/mol. The van der Waals surface area contributed by atoms with E-state index < -0.39 is 18.0 Å². The first-order chi connectivity index (χ1) is 16.9. The van der Waals surface area contributed by atoms with Crippen LogP contribution in [0.1, 0.15) is 45.9 Å². The number of carbonyl (C=O) groups is 3. The number of morpholine rings is 1. The summed E-state index contributed by atoms with van der Waals surface area (Å²) < 4.78 is 11.5. The summed E-state index contributed by atoms with van der Waals surface area (Å²) in [6, 6.07) is 9.41. The zero-order chi connectivity index (χ0) is 24.5. The number of nitrogens with one attached hydrogen (secondary N) is 1. The summed E-state index contributed by atoms with van der Waals surface area (Å²) in [4.78, 5) is 40.6. The van der Waals surface area contributed by atoms with Crippen molar-refractivity contribution in [2.75, 3.05) is 26.3 Å². The van der Waals surface area contributed by atoms with Crippen molar-refractivity contribution < 1.29 is 23.9 Å². The highest BCUT2D eigenvalue weighted by Gasteiger charge is 2.40. The fourth-order valence-electron chi connectivity index (χ4n) is 4.81. The van der Waals surface area contributed by atoms with Crippen molar-refractivity contribution in [3.05, 3.63) is 58.7 Å². The number of amides is 3. The first-order valence-electron chi connectivity index (χ1n) is 11.8. The van der Waals surface area contributed by atoms with Crippen LogP contribution in [0.3, 0.4) is 0 Å². The first kappa shape index (κ1) is 23.6. The number of ether oxygens (including phenoxy) is 2. The van der Waals surface area contributed by atoms with E-state index >= 15 is 0 Å². The van der Waals surface area contributed by atoms with E-state index in [2.05, 4.69) is 10.2 Å². The summed E-state index contributed by atoms with van der Waals surface area (Å²) in [5.74, 6) is -0.547. The molecule has 3 amide bonds. The minimum atomic E-state index is -0.791. The molecule has 2 aromatic rings. The van der Waals surface area contributed by atoms with Crippen LogP contribution >= 0.6 is 0 Å². The SMILES string of the molecule is [B]c1cc(C([B])Oc2cccc3c2CN(C2CCC(=O)NC2=O)C3=O)ccc1CN1CCOCC1. The van der Waals surface area contributed by atoms with Crippen LogP contribution in [-0.4, -0.2) is 75.6 Å². The lowest BCUT2D eigenvalue weighted by Crippen LogP contribution is -2.52. The van der Waals surface area contributed by atoms with E-state index in [1.54, 1.807) is 18.2 Å². The molecule has 8 nitrogen and oxygen atoms in total. The van der Waals surface area contributed by atoms with Gasteiger partial charge in [-0.05, 0) is 29.7 Å². The number of nitrogens with zero attached hydrogens (tertiary/aromatic N) is 2. The number of hydrogen-bond acceptors (Lipinski definition) is 6. The van der Waals surface area contributed by atoms with E-state index in [4.69, 9.17) is 25.2 Å². The van der Waals surface area contributed by atoms with Crippen LogP contribution in [0.4, 0.5) is 0 Å². The Morgan fingerprint density at radius 2 is 1.94 bits per heavy atom. The monoisotopic (exact) mass is 469 g/mol. The van der Waals surface area contributed by atoms with Crippen LogP contribution in [0, 0.1) is 0 Å². The van der Waals surface area contributed by atoms with E-state index in [9.17, 15) is 14.4 Å². The molecule has 2 atom stereocenters. The van der Waals surface area contributed by atoms with Gasteiger partial charge in [0.15, 0.2) is 0 Å². The summed E-state index contributed by atoms with van der Waals surface area (Å²) in [6.07, 6.45) is 0.504. The van der Waals surface area contributed by atoms with Crippen LogP contribution in [0.2, 0.25) is 0 Å². The standard InChI is InChI=1S/C25H25B2N3O5/c26-19-12-15(4-5-16(19)13-29-8-10-34-11-9-29)23(27)35-21-3-1-2-17-18(21)14-30(25(17)33)20-6-7-22(31)28-24(20)32/h1-5,12,20,23H,6-11,13-14H2,(H,28,31,32). The molecular formula is C25H25B2N3O5. The van der Waals surface area contributed by atoms with Crippen molar-refractivity contribution in [2.45, 2.75) is 38.0 Å². The maximum atomic E-state index is 13.0. The summed E-state index contributed by atoms with van der Waals surface area (Å²) >= 11 is 0. The smallest absolute Gasteiger partial charge is 0.255 e. The van der Waals surface area contributed by atoms with Crippen molar-refractivity contribution in [2.24, 2.45) is 0 Å². The Kier molecular flexibility index (Phi) is 6.67. The number of carbonyl (C=O) groups excluding carboxylic acids is 3. The van der Waals surface area contributed by atoms with Crippen LogP contribution in [0.5, 0.6) is 5.75 Å². The lowest BCUT2D eigenvalue weighted by Gasteiger charge is -2.29. The Hall–Kier alpha value is -3.10. The van der Waals surface area contributed by atoms with Gasteiger partial charge in [-0.2, -0.15) is 0 Å². The molecule has 3 aliphatic rings. The van der Waals surface area contributed by atoms with E-state index in [1.807, 2.05) is 18.2 Å². The minimum absolute atomic E-state index is 0.202. The molecule has 176 valence electrons. The number of piperidine rings is 1. The fraction of sp³-hybridized carbons (Fsp3) is 0.400. The summed E-state index contributed by atoms with van der Waals surface area (Å²) in [5, 5.41) is 2.31. The average molecular weight is 469 g/mol. The lowest BCUT2D eigenvalue weighted by molar-refractivity contribution is -0.136. The molecule has 4 radical (unpaired) electrons. The third-order valence-corrected chi connectivity index (χ3v) is 6.79. The topological polar surface area (TPSA) is 88.2 Å². The highest BCUT2D eigenvalue weighted by molar-refractivity contribution is 6.33. The quantitative estimate of drug-likeness (QED) is 0.485. The molecule has 2 fully saturated rings. The molecule has 0 aromatic heterocycles. The van der Waals surface area contributed by atoms with Gasteiger partial charge < -0.3 is 14.4 Å². The van der Waals surface area contributed by atoms with E-state index in [0.29, 0.717) is 28.8 Å². The maximum absolute atomic E-state index is 13.0. The van der Waals surface area contributed by atoms with Gasteiger partial charge in [-0.1, -0.05) is 29.7 Å². The van der Waals surface area contributed by atoms with Crippen molar-refractivity contribution in [3.63, 3.8) is 0 Å². The van der Waals surface area contributed by atoms with Crippen LogP contribution in [0.25, 0.3) is 0 Å². The van der Waals surface area contributed by atoms with Gasteiger partial charge in [0.05, 0.1) is 25.8 Å². The number of fused-ring (bicyclic) bond motifs is 1. The molecule has 3 heterocycles. The number of hydrogen-bond donors (Lipinski definition) is 1. The molecule has 10 heteroatoms. The third kappa shape index (κ3) is 4.86. The van der Waals surface area contributed by atoms with Crippen molar-refractivity contribution in [3.8, 4) is 5.75 Å². The maximum Gasteiger partial charge on any atom is 0.255 e. The molecule has 2 aromatic carbocycles. The first-order valence-corrected chi connectivity index (χ1v) is 11.8. The molecule has 35 heavy (non-hydrogen) atoms. The van der Waals surface area contributed by atoms with Gasteiger partial charge in [0, 0.05) is 37.2 Å².